The van der Waals surface area contributed by atoms with Crippen LogP contribution in [0, 0.1) is 18.7 Å². The van der Waals surface area contributed by atoms with Gasteiger partial charge in [-0.05, 0) is 61.6 Å². The van der Waals surface area contributed by atoms with Crippen LogP contribution in [0.2, 0.25) is 5.02 Å². The molecule has 1 aliphatic rings. The monoisotopic (exact) mass is 460 g/mol. The van der Waals surface area contributed by atoms with Crippen LogP contribution in [0.5, 0.6) is 0 Å². The first-order chi connectivity index (χ1) is 16.0. The molecule has 0 spiro atoms. The normalized spacial score (nSPS) is 14.3. The van der Waals surface area contributed by atoms with E-state index in [4.69, 9.17) is 11.6 Å². The van der Waals surface area contributed by atoms with E-state index in [1.165, 1.54) is 16.7 Å². The molecule has 1 saturated carbocycles. The van der Waals surface area contributed by atoms with Gasteiger partial charge in [-0.1, -0.05) is 54.1 Å². The number of nitrogens with zero attached hydrogens (tertiary/aromatic N) is 1. The highest BCUT2D eigenvalue weighted by molar-refractivity contribution is 6.36. The quantitative estimate of drug-likeness (QED) is 0.398. The van der Waals surface area contributed by atoms with Crippen molar-refractivity contribution < 1.29 is 9.18 Å². The molecular formula is C27H22ClFN2O2. The molecule has 6 heteroatoms. The van der Waals surface area contributed by atoms with Gasteiger partial charge in [0.1, 0.15) is 5.82 Å². The second kappa shape index (κ2) is 8.49. The lowest BCUT2D eigenvalue weighted by atomic mass is 9.99. The molecule has 1 N–H and O–H groups in total. The number of aromatic nitrogens is 1. The molecular weight excluding hydrogens is 439 g/mol. The van der Waals surface area contributed by atoms with Gasteiger partial charge in [0, 0.05) is 16.8 Å². The molecule has 1 atom stereocenters. The molecule has 0 saturated heterocycles. The number of nitrogens with one attached hydrogen (secondary N) is 1. The number of benzene rings is 3. The minimum absolute atomic E-state index is 0.255. The van der Waals surface area contributed by atoms with Gasteiger partial charge in [0.25, 0.3) is 11.5 Å². The van der Waals surface area contributed by atoms with E-state index < -0.39 is 0 Å². The zero-order valence-electron chi connectivity index (χ0n) is 18.0. The van der Waals surface area contributed by atoms with Crippen molar-refractivity contribution in [3.05, 3.63) is 111 Å². The predicted molar refractivity (Wildman–Crippen MR) is 129 cm³/mol. The first kappa shape index (κ1) is 21.4. The van der Waals surface area contributed by atoms with Crippen LogP contribution in [0.4, 0.5) is 4.39 Å². The standard InChI is InChI=1S/C27H22ClFN2O2/c1-16-23(26(32)30-25(17-13-14-17)18-7-5-8-19(29)15-18)21-11-6-12-22(28)24(21)27(33)31(16)20-9-3-2-4-10-20/h2-12,15,17,25H,13-14H2,1H3,(H,30,32)/t25-/m1/s1. The second-order valence-electron chi connectivity index (χ2n) is 8.44. The minimum Gasteiger partial charge on any atom is -0.345 e. The zero-order valence-corrected chi connectivity index (χ0v) is 18.8. The van der Waals surface area contributed by atoms with Crippen molar-refractivity contribution in [2.45, 2.75) is 25.8 Å². The maximum atomic E-state index is 13.9. The number of rotatable bonds is 5. The number of carbonyl (C=O) groups excluding carboxylic acids is 1. The molecule has 0 radical (unpaired) electrons. The van der Waals surface area contributed by atoms with Crippen molar-refractivity contribution >= 4 is 28.3 Å². The van der Waals surface area contributed by atoms with Crippen LogP contribution in [0.15, 0.2) is 77.6 Å². The largest absolute Gasteiger partial charge is 0.345 e. The third-order valence-electron chi connectivity index (χ3n) is 6.23. The number of amides is 1. The highest BCUT2D eigenvalue weighted by Gasteiger charge is 2.34. The Labute approximate surface area is 195 Å². The molecule has 3 aromatic carbocycles. The Morgan fingerprint density at radius 2 is 1.79 bits per heavy atom. The van der Waals surface area contributed by atoms with E-state index >= 15 is 0 Å². The van der Waals surface area contributed by atoms with Crippen LogP contribution >= 0.6 is 11.6 Å². The fraction of sp³-hybridized carbons (Fsp3) is 0.185. The fourth-order valence-corrected chi connectivity index (χ4v) is 4.77. The van der Waals surface area contributed by atoms with E-state index in [1.54, 1.807) is 31.2 Å². The zero-order chi connectivity index (χ0) is 23.1. The Morgan fingerprint density at radius 3 is 2.48 bits per heavy atom. The number of fused-ring (bicyclic) bond motifs is 1. The SMILES string of the molecule is Cc1c(C(=O)N[C@@H](c2cccc(F)c2)C2CC2)c2cccc(Cl)c2c(=O)n1-c1ccccc1. The van der Waals surface area contributed by atoms with Crippen molar-refractivity contribution in [3.63, 3.8) is 0 Å². The van der Waals surface area contributed by atoms with Gasteiger partial charge in [-0.2, -0.15) is 0 Å². The van der Waals surface area contributed by atoms with Crippen molar-refractivity contribution in [2.75, 3.05) is 0 Å². The van der Waals surface area contributed by atoms with Crippen LogP contribution in [0.3, 0.4) is 0 Å². The van der Waals surface area contributed by atoms with Gasteiger partial charge in [0.05, 0.1) is 22.0 Å². The van der Waals surface area contributed by atoms with Gasteiger partial charge in [0.15, 0.2) is 0 Å². The molecule has 1 aliphatic carbocycles. The number of carbonyl (C=O) groups is 1. The molecule has 0 bridgehead atoms. The smallest absolute Gasteiger partial charge is 0.264 e. The number of hydrogen-bond acceptors (Lipinski definition) is 2. The lowest BCUT2D eigenvalue weighted by Crippen LogP contribution is -2.33. The summed E-state index contributed by atoms with van der Waals surface area (Å²) in [5, 5.41) is 4.22. The number of para-hydroxylation sites is 1. The summed E-state index contributed by atoms with van der Waals surface area (Å²) < 4.78 is 15.4. The molecule has 33 heavy (non-hydrogen) atoms. The first-order valence-corrected chi connectivity index (χ1v) is 11.3. The summed E-state index contributed by atoms with van der Waals surface area (Å²) in [7, 11) is 0. The third-order valence-corrected chi connectivity index (χ3v) is 6.54. The topological polar surface area (TPSA) is 51.1 Å². The fourth-order valence-electron chi connectivity index (χ4n) is 4.51. The average molecular weight is 461 g/mol. The molecule has 0 unspecified atom stereocenters. The van der Waals surface area contributed by atoms with Crippen molar-refractivity contribution in [1.82, 2.24) is 9.88 Å². The van der Waals surface area contributed by atoms with E-state index in [2.05, 4.69) is 5.32 Å². The highest BCUT2D eigenvalue weighted by atomic mass is 35.5. The number of pyridine rings is 1. The molecule has 166 valence electrons. The Morgan fingerprint density at radius 1 is 1.06 bits per heavy atom. The summed E-state index contributed by atoms with van der Waals surface area (Å²) in [6.45, 7) is 1.76. The van der Waals surface area contributed by atoms with Gasteiger partial charge in [-0.3, -0.25) is 14.2 Å². The molecule has 1 heterocycles. The summed E-state index contributed by atoms with van der Waals surface area (Å²) in [5.41, 5.74) is 2.02. The van der Waals surface area contributed by atoms with Crippen molar-refractivity contribution in [2.24, 2.45) is 5.92 Å². The molecule has 1 aromatic heterocycles. The van der Waals surface area contributed by atoms with Crippen LogP contribution in [-0.2, 0) is 0 Å². The highest BCUT2D eigenvalue weighted by Crippen LogP contribution is 2.41. The lowest BCUT2D eigenvalue weighted by Gasteiger charge is -2.22. The maximum Gasteiger partial charge on any atom is 0.264 e. The summed E-state index contributed by atoms with van der Waals surface area (Å²) in [6, 6.07) is 20.3. The van der Waals surface area contributed by atoms with Gasteiger partial charge in [0.2, 0.25) is 0 Å². The van der Waals surface area contributed by atoms with Crippen molar-refractivity contribution in [1.29, 1.82) is 0 Å². The van der Waals surface area contributed by atoms with E-state index in [0.717, 1.165) is 18.4 Å². The van der Waals surface area contributed by atoms with E-state index in [-0.39, 0.29) is 29.2 Å². The Bertz CT molecular complexity index is 1430. The van der Waals surface area contributed by atoms with E-state index in [0.29, 0.717) is 32.7 Å². The summed E-state index contributed by atoms with van der Waals surface area (Å²) in [5.74, 6) is -0.394. The van der Waals surface area contributed by atoms with Gasteiger partial charge < -0.3 is 5.32 Å². The van der Waals surface area contributed by atoms with Crippen LogP contribution < -0.4 is 10.9 Å². The lowest BCUT2D eigenvalue weighted by molar-refractivity contribution is 0.0932. The molecule has 4 aromatic rings. The predicted octanol–water partition coefficient (Wildman–Crippen LogP) is 5.97. The molecule has 5 rings (SSSR count). The summed E-state index contributed by atoms with van der Waals surface area (Å²) in [6.07, 6.45) is 1.94. The van der Waals surface area contributed by atoms with Gasteiger partial charge in [-0.25, -0.2) is 4.39 Å². The van der Waals surface area contributed by atoms with E-state index in [9.17, 15) is 14.0 Å². The maximum absolute atomic E-state index is 13.9. The Balaban J connectivity index is 1.68. The summed E-state index contributed by atoms with van der Waals surface area (Å²) >= 11 is 6.44. The van der Waals surface area contributed by atoms with Crippen LogP contribution in [0.1, 0.15) is 40.5 Å². The first-order valence-electron chi connectivity index (χ1n) is 10.9. The van der Waals surface area contributed by atoms with Gasteiger partial charge >= 0.3 is 0 Å². The molecule has 1 fully saturated rings. The number of halogens is 2. The minimum atomic E-state index is -0.335. The van der Waals surface area contributed by atoms with E-state index in [1.807, 2.05) is 36.4 Å². The second-order valence-corrected chi connectivity index (χ2v) is 8.85. The molecule has 0 aliphatic heterocycles. The number of hydrogen-bond donors (Lipinski definition) is 1. The van der Waals surface area contributed by atoms with Crippen molar-refractivity contribution in [3.8, 4) is 5.69 Å². The molecule has 1 amide bonds. The van der Waals surface area contributed by atoms with Gasteiger partial charge in [-0.15, -0.1) is 0 Å². The third kappa shape index (κ3) is 3.93. The summed E-state index contributed by atoms with van der Waals surface area (Å²) in [4.78, 5) is 27.2. The Kier molecular flexibility index (Phi) is 5.51. The van der Waals surface area contributed by atoms with Crippen LogP contribution in [-0.4, -0.2) is 10.5 Å². The Hall–Kier alpha value is -3.44. The van der Waals surface area contributed by atoms with Crippen LogP contribution in [0.25, 0.3) is 16.5 Å². The molecule has 4 nitrogen and oxygen atoms in total. The average Bonchev–Trinajstić information content (AvgIpc) is 3.63.